The van der Waals surface area contributed by atoms with Crippen molar-refractivity contribution in [2.75, 3.05) is 26.2 Å². The average Bonchev–Trinajstić information content (AvgIpc) is 3.36. The molecule has 31 heavy (non-hydrogen) atoms. The fourth-order valence-electron chi connectivity index (χ4n) is 3.14. The summed E-state index contributed by atoms with van der Waals surface area (Å²) in [5.41, 5.74) is 0.209. The summed E-state index contributed by atoms with van der Waals surface area (Å²) in [4.78, 5) is 30.1. The molecule has 0 bridgehead atoms. The second-order valence-corrected chi connectivity index (χ2v) is 11.4. The second-order valence-electron chi connectivity index (χ2n) is 6.75. The molecule has 0 saturated carbocycles. The molecular weight excluding hydrogens is 482 g/mol. The Labute approximate surface area is 192 Å². The van der Waals surface area contributed by atoms with Crippen molar-refractivity contribution in [1.29, 1.82) is 0 Å². The number of carbonyl (C=O) groups is 2. The third-order valence-corrected chi connectivity index (χ3v) is 9.16. The third kappa shape index (κ3) is 4.60. The van der Waals surface area contributed by atoms with Crippen LogP contribution in [0.15, 0.2) is 33.9 Å². The molecule has 1 fully saturated rings. The molecule has 8 nitrogen and oxygen atoms in total. The van der Waals surface area contributed by atoms with Crippen LogP contribution in [0.2, 0.25) is 5.02 Å². The minimum atomic E-state index is -3.79. The summed E-state index contributed by atoms with van der Waals surface area (Å²) < 4.78 is 33.2. The number of rotatable bonds is 6. The molecule has 0 N–H and O–H groups in total. The maximum Gasteiger partial charge on any atom is 0.357 e. The van der Waals surface area contributed by atoms with E-state index in [0.29, 0.717) is 10.0 Å². The summed E-state index contributed by atoms with van der Waals surface area (Å²) in [6.07, 6.45) is 0. The van der Waals surface area contributed by atoms with E-state index in [1.807, 2.05) is 0 Å². The molecule has 1 aliphatic heterocycles. The lowest BCUT2D eigenvalue weighted by atomic mass is 10.3. The number of ether oxygens (including phenoxy) is 1. The Hall–Kier alpha value is -2.05. The van der Waals surface area contributed by atoms with Gasteiger partial charge in [-0.15, -0.1) is 22.7 Å². The molecule has 12 heteroatoms. The van der Waals surface area contributed by atoms with Crippen LogP contribution < -0.4 is 0 Å². The Morgan fingerprint density at radius 3 is 2.84 bits per heavy atom. The quantitative estimate of drug-likeness (QED) is 0.483. The Balaban J connectivity index is 1.44. The number of nitrogens with zero attached hydrogens (tertiary/aromatic N) is 3. The number of hydrogen-bond donors (Lipinski definition) is 0. The first-order valence-corrected chi connectivity index (χ1v) is 12.9. The molecule has 1 aromatic carbocycles. The maximum atomic E-state index is 13.1. The van der Waals surface area contributed by atoms with E-state index in [1.54, 1.807) is 41.5 Å². The Morgan fingerprint density at radius 2 is 2.10 bits per heavy atom. The van der Waals surface area contributed by atoms with Crippen LogP contribution >= 0.6 is 34.3 Å². The Kier molecular flexibility index (Phi) is 6.31. The highest BCUT2D eigenvalue weighted by molar-refractivity contribution is 7.91. The Morgan fingerprint density at radius 1 is 1.29 bits per heavy atom. The number of fused-ring (bicyclic) bond motifs is 1. The number of thiophene rings is 1. The third-order valence-electron chi connectivity index (χ3n) is 4.70. The summed E-state index contributed by atoms with van der Waals surface area (Å²) in [5.74, 6) is -0.816. The van der Waals surface area contributed by atoms with Crippen molar-refractivity contribution in [2.45, 2.75) is 17.7 Å². The number of aromatic nitrogens is 1. The highest BCUT2D eigenvalue weighted by Gasteiger charge is 2.34. The van der Waals surface area contributed by atoms with Gasteiger partial charge in [-0.05, 0) is 30.5 Å². The first-order chi connectivity index (χ1) is 14.8. The first kappa shape index (κ1) is 22.2. The van der Waals surface area contributed by atoms with E-state index in [2.05, 4.69) is 4.98 Å². The fraction of sp³-hybridized carbons (Fsp3) is 0.316. The predicted molar refractivity (Wildman–Crippen MR) is 119 cm³/mol. The molecule has 1 aliphatic rings. The number of sulfonamides is 1. The van der Waals surface area contributed by atoms with Crippen LogP contribution in [-0.2, 0) is 26.1 Å². The van der Waals surface area contributed by atoms with Crippen LogP contribution in [0.3, 0.4) is 0 Å². The minimum absolute atomic E-state index is 0.180. The lowest BCUT2D eigenvalue weighted by Crippen LogP contribution is -2.51. The zero-order chi connectivity index (χ0) is 22.2. The average molecular weight is 500 g/mol. The number of hydrogen-bond acceptors (Lipinski definition) is 8. The number of carbonyl (C=O) groups excluding carboxylic acids is 2. The smallest absolute Gasteiger partial charge is 0.357 e. The molecule has 1 saturated heterocycles. The molecule has 0 radical (unpaired) electrons. The van der Waals surface area contributed by atoms with Gasteiger partial charge in [0.05, 0.1) is 19.7 Å². The zero-order valence-electron chi connectivity index (χ0n) is 16.4. The summed E-state index contributed by atoms with van der Waals surface area (Å²) in [6.45, 7) is 2.37. The van der Waals surface area contributed by atoms with Crippen molar-refractivity contribution in [3.05, 3.63) is 45.4 Å². The van der Waals surface area contributed by atoms with Gasteiger partial charge in [-0.3, -0.25) is 4.79 Å². The number of thiazole rings is 1. The van der Waals surface area contributed by atoms with Gasteiger partial charge in [0, 0.05) is 28.2 Å². The molecule has 4 rings (SSSR count). The number of piperazine rings is 1. The fourth-order valence-corrected chi connectivity index (χ4v) is 7.13. The molecule has 1 amide bonds. The molecule has 0 spiro atoms. The highest BCUT2D eigenvalue weighted by atomic mass is 35.5. The summed E-state index contributed by atoms with van der Waals surface area (Å²) >= 11 is 8.39. The highest BCUT2D eigenvalue weighted by Crippen LogP contribution is 2.33. The lowest BCUT2D eigenvalue weighted by molar-refractivity contribution is -0.134. The molecule has 0 atom stereocenters. The van der Waals surface area contributed by atoms with Crippen molar-refractivity contribution in [2.24, 2.45) is 0 Å². The van der Waals surface area contributed by atoms with Gasteiger partial charge in [-0.1, -0.05) is 17.7 Å². The van der Waals surface area contributed by atoms with Crippen LogP contribution in [0.4, 0.5) is 0 Å². The predicted octanol–water partition coefficient (Wildman–Crippen LogP) is 3.22. The van der Waals surface area contributed by atoms with Crippen molar-refractivity contribution >= 4 is 66.3 Å². The van der Waals surface area contributed by atoms with Crippen molar-refractivity contribution < 1.29 is 22.7 Å². The summed E-state index contributed by atoms with van der Waals surface area (Å²) in [6, 6.07) is 6.81. The molecule has 3 heterocycles. The van der Waals surface area contributed by atoms with E-state index in [4.69, 9.17) is 16.3 Å². The van der Waals surface area contributed by atoms with Crippen LogP contribution in [0, 0.1) is 0 Å². The molecular formula is C19H18ClN3O5S3. The van der Waals surface area contributed by atoms with E-state index >= 15 is 0 Å². The van der Waals surface area contributed by atoms with Gasteiger partial charge in [0.2, 0.25) is 5.91 Å². The number of halogens is 1. The summed E-state index contributed by atoms with van der Waals surface area (Å²) in [5, 5.41) is 3.51. The standard InChI is InChI=1S/C19H18ClN3O5S3/c1-2-28-19(25)14-11-29-16(21-14)9-22-5-6-23(10-17(22)24)31(26,27)18-7-12-3-4-13(20)8-15(12)30-18/h3-4,7-8,11H,2,5-6,9-10H2,1H3. The van der Waals surface area contributed by atoms with Gasteiger partial charge in [-0.25, -0.2) is 18.2 Å². The van der Waals surface area contributed by atoms with E-state index in [1.165, 1.54) is 15.6 Å². The van der Waals surface area contributed by atoms with Crippen LogP contribution in [0.1, 0.15) is 22.4 Å². The minimum Gasteiger partial charge on any atom is -0.461 e. The zero-order valence-corrected chi connectivity index (χ0v) is 19.6. The number of benzene rings is 1. The maximum absolute atomic E-state index is 13.1. The van der Waals surface area contributed by atoms with E-state index in [9.17, 15) is 18.0 Å². The first-order valence-electron chi connectivity index (χ1n) is 9.36. The molecule has 164 valence electrons. The second kappa shape index (κ2) is 8.83. The molecule has 3 aromatic rings. The van der Waals surface area contributed by atoms with Gasteiger partial charge < -0.3 is 9.64 Å². The van der Waals surface area contributed by atoms with Crippen molar-refractivity contribution in [3.8, 4) is 0 Å². The van der Waals surface area contributed by atoms with Crippen molar-refractivity contribution in [1.82, 2.24) is 14.2 Å². The molecule has 0 unspecified atom stereocenters. The Bertz CT molecular complexity index is 1250. The van der Waals surface area contributed by atoms with Gasteiger partial charge in [0.25, 0.3) is 10.0 Å². The number of amides is 1. The SMILES string of the molecule is CCOC(=O)c1csc(CN2CCN(S(=O)(=O)c3cc4ccc(Cl)cc4s3)CC2=O)n1. The van der Waals surface area contributed by atoms with Crippen LogP contribution in [0.5, 0.6) is 0 Å². The monoisotopic (exact) mass is 499 g/mol. The van der Waals surface area contributed by atoms with E-state index in [-0.39, 0.29) is 48.6 Å². The van der Waals surface area contributed by atoms with E-state index < -0.39 is 16.0 Å². The van der Waals surface area contributed by atoms with E-state index in [0.717, 1.165) is 21.4 Å². The van der Waals surface area contributed by atoms with Crippen LogP contribution in [-0.4, -0.2) is 60.7 Å². The molecule has 2 aromatic heterocycles. The van der Waals surface area contributed by atoms with Crippen molar-refractivity contribution in [3.63, 3.8) is 0 Å². The van der Waals surface area contributed by atoms with Gasteiger partial charge >= 0.3 is 5.97 Å². The lowest BCUT2D eigenvalue weighted by Gasteiger charge is -2.32. The summed E-state index contributed by atoms with van der Waals surface area (Å²) in [7, 11) is -3.79. The van der Waals surface area contributed by atoms with Gasteiger partial charge in [0.1, 0.15) is 9.22 Å². The van der Waals surface area contributed by atoms with Crippen LogP contribution in [0.25, 0.3) is 10.1 Å². The number of esters is 1. The topological polar surface area (TPSA) is 96.9 Å². The van der Waals surface area contributed by atoms with Gasteiger partial charge in [-0.2, -0.15) is 4.31 Å². The normalized spacial score (nSPS) is 15.5. The molecule has 0 aliphatic carbocycles. The largest absolute Gasteiger partial charge is 0.461 e. The van der Waals surface area contributed by atoms with Gasteiger partial charge in [0.15, 0.2) is 5.69 Å².